The molecule has 0 saturated carbocycles. The van der Waals surface area contributed by atoms with Crippen LogP contribution in [0.4, 0.5) is 0 Å². The number of halogens is 2. The van der Waals surface area contributed by atoms with Gasteiger partial charge in [-0.15, -0.1) is 0 Å². The Morgan fingerprint density at radius 1 is 1.45 bits per heavy atom. The predicted molar refractivity (Wildman–Crippen MR) is 47.0 cm³/mol. The summed E-state index contributed by atoms with van der Waals surface area (Å²) < 4.78 is 1.47. The van der Waals surface area contributed by atoms with Crippen molar-refractivity contribution < 1.29 is 19.9 Å². The van der Waals surface area contributed by atoms with Crippen molar-refractivity contribution >= 4 is 45.9 Å². The van der Waals surface area contributed by atoms with Crippen molar-refractivity contribution in [3.05, 3.63) is 0 Å². The molecular formula is C3H7BBr2NO4. The maximum absolute atomic E-state index is 9.84. The van der Waals surface area contributed by atoms with E-state index in [1.807, 2.05) is 0 Å². The molecule has 8 heteroatoms. The second kappa shape index (κ2) is 10.4. The lowest BCUT2D eigenvalue weighted by atomic mass is 10.5. The van der Waals surface area contributed by atoms with Gasteiger partial charge < -0.3 is 15.2 Å². The molecule has 0 unspecified atom stereocenters. The van der Waals surface area contributed by atoms with E-state index in [1.165, 1.54) is 2.95 Å². The smallest absolute Gasteiger partial charge is 0.481 e. The van der Waals surface area contributed by atoms with Crippen LogP contribution in [0.5, 0.6) is 0 Å². The molecule has 0 aromatic heterocycles. The van der Waals surface area contributed by atoms with E-state index in [2.05, 4.69) is 32.3 Å². The zero-order valence-electron chi connectivity index (χ0n) is 5.44. The predicted octanol–water partition coefficient (Wildman–Crippen LogP) is -0.112. The normalized spacial score (nSPS) is 8.45. The standard InChI is InChI=1S/C3H5Br2NO2.BH2O2/c4-6(5)2-1-3(7)8;2-1-3/h1-2H2,(H,7,8);2-3H. The summed E-state index contributed by atoms with van der Waals surface area (Å²) in [6, 6.07) is 0. The number of carboxylic acids is 1. The van der Waals surface area contributed by atoms with Crippen molar-refractivity contribution in [2.75, 3.05) is 6.54 Å². The number of rotatable bonds is 3. The van der Waals surface area contributed by atoms with Crippen molar-refractivity contribution in [3.8, 4) is 0 Å². The molecular weight excluding hydrogens is 285 g/mol. The first-order chi connectivity index (χ1) is 5.04. The lowest BCUT2D eigenvalue weighted by Crippen LogP contribution is -2.05. The summed E-state index contributed by atoms with van der Waals surface area (Å²) >= 11 is 5.98. The van der Waals surface area contributed by atoms with E-state index in [1.54, 1.807) is 0 Å². The van der Waals surface area contributed by atoms with E-state index in [9.17, 15) is 4.79 Å². The Hall–Kier alpha value is 0.375. The molecule has 11 heavy (non-hydrogen) atoms. The number of hydrogen-bond donors (Lipinski definition) is 3. The van der Waals surface area contributed by atoms with Crippen LogP contribution < -0.4 is 0 Å². The van der Waals surface area contributed by atoms with E-state index in [-0.39, 0.29) is 14.1 Å². The molecule has 0 saturated heterocycles. The van der Waals surface area contributed by atoms with Gasteiger partial charge in [0.1, 0.15) is 0 Å². The van der Waals surface area contributed by atoms with E-state index < -0.39 is 5.97 Å². The molecule has 0 spiro atoms. The fourth-order valence-electron chi connectivity index (χ4n) is 0.180. The molecule has 0 aromatic rings. The van der Waals surface area contributed by atoms with Crippen molar-refractivity contribution in [1.82, 2.24) is 2.95 Å². The van der Waals surface area contributed by atoms with Crippen LogP contribution in [0.3, 0.4) is 0 Å². The molecule has 0 aliphatic heterocycles. The van der Waals surface area contributed by atoms with Gasteiger partial charge in [-0.1, -0.05) is 0 Å². The number of carboxylic acid groups (broad SMARTS) is 1. The third kappa shape index (κ3) is 25.2. The van der Waals surface area contributed by atoms with Crippen LogP contribution in [-0.2, 0) is 4.79 Å². The van der Waals surface area contributed by atoms with Crippen molar-refractivity contribution in [3.63, 3.8) is 0 Å². The second-order valence-electron chi connectivity index (χ2n) is 1.29. The first kappa shape index (κ1) is 13.9. The van der Waals surface area contributed by atoms with Gasteiger partial charge in [0.05, 0.1) is 6.42 Å². The molecule has 1 radical (unpaired) electrons. The largest absolute Gasteiger partial charge is 0.482 e. The molecule has 0 amide bonds. The Balaban J connectivity index is 0. The minimum atomic E-state index is -0.797. The molecule has 0 heterocycles. The van der Waals surface area contributed by atoms with Crippen LogP contribution in [0.1, 0.15) is 6.42 Å². The van der Waals surface area contributed by atoms with Crippen LogP contribution in [0.2, 0.25) is 0 Å². The van der Waals surface area contributed by atoms with Crippen LogP contribution >= 0.6 is 32.3 Å². The third-order valence-corrected chi connectivity index (χ3v) is 1.20. The lowest BCUT2D eigenvalue weighted by Gasteiger charge is -1.98. The van der Waals surface area contributed by atoms with Gasteiger partial charge in [0, 0.05) is 38.8 Å². The fourth-order valence-corrected chi connectivity index (χ4v) is 0.535. The van der Waals surface area contributed by atoms with Gasteiger partial charge in [-0.2, -0.15) is 2.95 Å². The first-order valence-electron chi connectivity index (χ1n) is 2.45. The summed E-state index contributed by atoms with van der Waals surface area (Å²) in [4.78, 5) is 9.84. The van der Waals surface area contributed by atoms with Gasteiger partial charge >= 0.3 is 13.7 Å². The van der Waals surface area contributed by atoms with Gasteiger partial charge in [-0.25, -0.2) is 0 Å². The Kier molecular flexibility index (Phi) is 13.1. The Morgan fingerprint density at radius 3 is 1.91 bits per heavy atom. The van der Waals surface area contributed by atoms with Crippen LogP contribution in [0, 0.1) is 0 Å². The summed E-state index contributed by atoms with van der Waals surface area (Å²) in [5.74, 6) is -0.797. The summed E-state index contributed by atoms with van der Waals surface area (Å²) in [7, 11) is 0. The molecule has 0 aliphatic rings. The zero-order valence-corrected chi connectivity index (χ0v) is 8.62. The monoisotopic (exact) mass is 290 g/mol. The minimum Gasteiger partial charge on any atom is -0.481 e. The highest BCUT2D eigenvalue weighted by Crippen LogP contribution is 2.04. The molecule has 0 aliphatic carbocycles. The van der Waals surface area contributed by atoms with E-state index in [0.717, 1.165) is 0 Å². The van der Waals surface area contributed by atoms with E-state index in [4.69, 9.17) is 15.2 Å². The third-order valence-electron chi connectivity index (χ3n) is 0.495. The zero-order chi connectivity index (χ0) is 9.28. The van der Waals surface area contributed by atoms with Gasteiger partial charge in [0.25, 0.3) is 0 Å². The van der Waals surface area contributed by atoms with Crippen LogP contribution in [-0.4, -0.2) is 38.3 Å². The highest BCUT2D eigenvalue weighted by Gasteiger charge is 1.98. The average Bonchev–Trinajstić information content (AvgIpc) is 1.85. The molecule has 0 bridgehead atoms. The maximum atomic E-state index is 9.84. The lowest BCUT2D eigenvalue weighted by molar-refractivity contribution is -0.136. The van der Waals surface area contributed by atoms with Gasteiger partial charge in [0.2, 0.25) is 0 Å². The fraction of sp³-hybridized carbons (Fsp3) is 0.667. The second-order valence-corrected chi connectivity index (χ2v) is 3.95. The summed E-state index contributed by atoms with van der Waals surface area (Å²) in [6.45, 7) is 0.454. The number of nitrogens with zero attached hydrogens (tertiary/aromatic N) is 1. The Labute approximate surface area is 82.0 Å². The van der Waals surface area contributed by atoms with E-state index >= 15 is 0 Å². The highest BCUT2D eigenvalue weighted by atomic mass is 79.9. The molecule has 3 N–H and O–H groups in total. The molecule has 65 valence electrons. The topological polar surface area (TPSA) is 81.0 Å². The SMILES string of the molecule is O=C(O)CCN(Br)Br.O[B]O. The number of carbonyl (C=O) groups is 1. The molecule has 0 atom stereocenters. The maximum Gasteiger partial charge on any atom is 0.482 e. The molecule has 0 fully saturated rings. The van der Waals surface area contributed by atoms with Crippen LogP contribution in [0.25, 0.3) is 0 Å². The minimum absolute atomic E-state index is 0. The summed E-state index contributed by atoms with van der Waals surface area (Å²) in [5.41, 5.74) is 0. The Bertz CT molecular complexity index is 103. The van der Waals surface area contributed by atoms with Crippen molar-refractivity contribution in [1.29, 1.82) is 0 Å². The number of hydrogen-bond acceptors (Lipinski definition) is 4. The average molecular weight is 292 g/mol. The molecule has 0 rings (SSSR count). The van der Waals surface area contributed by atoms with Crippen LogP contribution in [0.15, 0.2) is 0 Å². The Morgan fingerprint density at radius 2 is 1.82 bits per heavy atom. The van der Waals surface area contributed by atoms with E-state index in [0.29, 0.717) is 6.54 Å². The molecule has 0 aromatic carbocycles. The number of aliphatic carboxylic acids is 1. The van der Waals surface area contributed by atoms with Crippen molar-refractivity contribution in [2.24, 2.45) is 0 Å². The van der Waals surface area contributed by atoms with Gasteiger partial charge in [-0.3, -0.25) is 4.79 Å². The van der Waals surface area contributed by atoms with Gasteiger partial charge in [0.15, 0.2) is 0 Å². The quantitative estimate of drug-likeness (QED) is 0.499. The highest BCUT2D eigenvalue weighted by molar-refractivity contribution is 9.21. The van der Waals surface area contributed by atoms with Crippen molar-refractivity contribution in [2.45, 2.75) is 6.42 Å². The molecule has 5 nitrogen and oxygen atoms in total. The summed E-state index contributed by atoms with van der Waals surface area (Å²) in [5, 5.41) is 22.1. The van der Waals surface area contributed by atoms with Gasteiger partial charge in [-0.05, 0) is 0 Å². The summed E-state index contributed by atoms with van der Waals surface area (Å²) in [6.07, 6.45) is 0.135. The first-order valence-corrected chi connectivity index (χ1v) is 3.87.